The third-order valence-corrected chi connectivity index (χ3v) is 2.98. The lowest BCUT2D eigenvalue weighted by atomic mass is 10.2. The maximum Gasteiger partial charge on any atom is 0.317 e. The molecule has 0 aromatic carbocycles. The van der Waals surface area contributed by atoms with Crippen LogP contribution in [0.4, 0.5) is 4.79 Å². The molecule has 1 aromatic rings. The van der Waals surface area contributed by atoms with Crippen molar-refractivity contribution in [3.8, 4) is 0 Å². The Morgan fingerprint density at radius 2 is 2.17 bits per heavy atom. The summed E-state index contributed by atoms with van der Waals surface area (Å²) < 4.78 is 5.51. The van der Waals surface area contributed by atoms with E-state index in [1.54, 1.807) is 0 Å². The summed E-state index contributed by atoms with van der Waals surface area (Å²) in [4.78, 5) is 13.9. The molecule has 4 heteroatoms. The van der Waals surface area contributed by atoms with Crippen LogP contribution >= 0.6 is 0 Å². The van der Waals surface area contributed by atoms with Crippen molar-refractivity contribution in [3.05, 3.63) is 23.7 Å². The average molecular weight is 252 g/mol. The Kier molecular flexibility index (Phi) is 5.75. The molecule has 0 fully saturated rings. The maximum atomic E-state index is 12.0. The van der Waals surface area contributed by atoms with Crippen molar-refractivity contribution in [3.63, 3.8) is 0 Å². The number of carbonyl (C=O) groups excluding carboxylic acids is 1. The maximum absolute atomic E-state index is 12.0. The van der Waals surface area contributed by atoms with Crippen LogP contribution in [0, 0.1) is 6.92 Å². The molecule has 0 bridgehead atoms. The highest BCUT2D eigenvalue weighted by molar-refractivity contribution is 5.74. The van der Waals surface area contributed by atoms with Gasteiger partial charge in [0.25, 0.3) is 0 Å². The van der Waals surface area contributed by atoms with E-state index in [1.807, 2.05) is 37.8 Å². The van der Waals surface area contributed by atoms with Crippen molar-refractivity contribution in [1.82, 2.24) is 10.2 Å². The summed E-state index contributed by atoms with van der Waals surface area (Å²) in [6.07, 6.45) is 2.13. The van der Waals surface area contributed by atoms with Gasteiger partial charge in [0.15, 0.2) is 0 Å². The Balaban J connectivity index is 2.52. The molecule has 0 aliphatic carbocycles. The van der Waals surface area contributed by atoms with Crippen LogP contribution in [0.25, 0.3) is 0 Å². The first-order valence-electron chi connectivity index (χ1n) is 6.70. The fourth-order valence-corrected chi connectivity index (χ4v) is 1.79. The number of hydrogen-bond donors (Lipinski definition) is 1. The molecule has 1 heterocycles. The topological polar surface area (TPSA) is 45.5 Å². The van der Waals surface area contributed by atoms with Gasteiger partial charge in [-0.3, -0.25) is 0 Å². The highest BCUT2D eigenvalue weighted by atomic mass is 16.3. The third kappa shape index (κ3) is 4.09. The van der Waals surface area contributed by atoms with Gasteiger partial charge in [0.1, 0.15) is 11.5 Å². The normalized spacial score (nSPS) is 12.2. The molecule has 1 rings (SSSR count). The van der Waals surface area contributed by atoms with Crippen molar-refractivity contribution in [2.45, 2.75) is 46.6 Å². The summed E-state index contributed by atoms with van der Waals surface area (Å²) in [6.45, 7) is 9.50. The average Bonchev–Trinajstić information content (AvgIpc) is 2.77. The molecule has 0 aliphatic rings. The third-order valence-electron chi connectivity index (χ3n) is 2.98. The highest BCUT2D eigenvalue weighted by Gasteiger charge is 2.16. The summed E-state index contributed by atoms with van der Waals surface area (Å²) in [5.74, 6) is 1.66. The molecular weight excluding hydrogens is 228 g/mol. The van der Waals surface area contributed by atoms with Crippen molar-refractivity contribution in [1.29, 1.82) is 0 Å². The number of nitrogens with one attached hydrogen (secondary N) is 1. The number of aryl methyl sites for hydroxylation is 1. The molecule has 0 aliphatic heterocycles. The summed E-state index contributed by atoms with van der Waals surface area (Å²) in [6, 6.07) is 3.70. The lowest BCUT2D eigenvalue weighted by Gasteiger charge is -2.23. The zero-order chi connectivity index (χ0) is 13.5. The van der Waals surface area contributed by atoms with Crippen LogP contribution in [0.1, 0.15) is 51.2 Å². The van der Waals surface area contributed by atoms with Crippen LogP contribution in [0.15, 0.2) is 16.5 Å². The molecule has 1 unspecified atom stereocenters. The molecule has 1 atom stereocenters. The smallest absolute Gasteiger partial charge is 0.317 e. The Hall–Kier alpha value is -1.45. The number of rotatable bonds is 6. The summed E-state index contributed by atoms with van der Waals surface area (Å²) in [5.41, 5.74) is 0. The lowest BCUT2D eigenvalue weighted by Crippen LogP contribution is -2.41. The van der Waals surface area contributed by atoms with Crippen molar-refractivity contribution >= 4 is 6.03 Å². The van der Waals surface area contributed by atoms with E-state index in [0.29, 0.717) is 0 Å². The van der Waals surface area contributed by atoms with E-state index in [2.05, 4.69) is 12.2 Å². The number of hydrogen-bond acceptors (Lipinski definition) is 2. The monoisotopic (exact) mass is 252 g/mol. The molecule has 0 radical (unpaired) electrons. The van der Waals surface area contributed by atoms with Gasteiger partial charge in [-0.25, -0.2) is 4.79 Å². The molecule has 0 saturated carbocycles. The van der Waals surface area contributed by atoms with E-state index < -0.39 is 0 Å². The Morgan fingerprint density at radius 1 is 1.44 bits per heavy atom. The van der Waals surface area contributed by atoms with E-state index in [4.69, 9.17) is 4.42 Å². The summed E-state index contributed by atoms with van der Waals surface area (Å²) in [7, 11) is 0. The van der Waals surface area contributed by atoms with Crippen LogP contribution < -0.4 is 5.32 Å². The van der Waals surface area contributed by atoms with E-state index in [9.17, 15) is 4.79 Å². The van der Waals surface area contributed by atoms with Crippen LogP contribution in [0.5, 0.6) is 0 Å². The van der Waals surface area contributed by atoms with Gasteiger partial charge in [0, 0.05) is 13.1 Å². The Bertz CT molecular complexity index is 374. The molecule has 4 nitrogen and oxygen atoms in total. The van der Waals surface area contributed by atoms with Gasteiger partial charge < -0.3 is 14.6 Å². The Labute approximate surface area is 109 Å². The van der Waals surface area contributed by atoms with E-state index in [1.165, 1.54) is 0 Å². The second kappa shape index (κ2) is 7.09. The van der Waals surface area contributed by atoms with Gasteiger partial charge in [-0.1, -0.05) is 13.3 Å². The summed E-state index contributed by atoms with van der Waals surface area (Å²) >= 11 is 0. The number of unbranched alkanes of at least 4 members (excludes halogenated alkanes) is 1. The molecule has 2 amide bonds. The van der Waals surface area contributed by atoms with Gasteiger partial charge in [-0.2, -0.15) is 0 Å². The molecule has 0 spiro atoms. The first-order chi connectivity index (χ1) is 8.58. The van der Waals surface area contributed by atoms with Crippen LogP contribution in [0.3, 0.4) is 0 Å². The molecule has 0 saturated heterocycles. The van der Waals surface area contributed by atoms with Crippen molar-refractivity contribution in [2.75, 3.05) is 13.1 Å². The largest absolute Gasteiger partial charge is 0.464 e. The molecule has 102 valence electrons. The van der Waals surface area contributed by atoms with Gasteiger partial charge >= 0.3 is 6.03 Å². The first kappa shape index (κ1) is 14.6. The molecular formula is C14H24N2O2. The zero-order valence-corrected chi connectivity index (χ0v) is 11.8. The number of carbonyl (C=O) groups is 1. The SMILES string of the molecule is CCCCN(CC)C(=O)NC(C)c1ccc(C)o1. The number of furan rings is 1. The van der Waals surface area contributed by atoms with E-state index in [0.717, 1.165) is 37.5 Å². The minimum atomic E-state index is -0.0955. The van der Waals surface area contributed by atoms with Gasteiger partial charge in [-0.05, 0) is 39.3 Å². The fourth-order valence-electron chi connectivity index (χ4n) is 1.79. The van der Waals surface area contributed by atoms with Gasteiger partial charge in [0.2, 0.25) is 0 Å². The predicted octanol–water partition coefficient (Wildman–Crippen LogP) is 3.48. The summed E-state index contributed by atoms with van der Waals surface area (Å²) in [5, 5.41) is 2.96. The second-order valence-corrected chi connectivity index (χ2v) is 4.55. The molecule has 1 N–H and O–H groups in total. The second-order valence-electron chi connectivity index (χ2n) is 4.55. The van der Waals surface area contributed by atoms with Gasteiger partial charge in [-0.15, -0.1) is 0 Å². The zero-order valence-electron chi connectivity index (χ0n) is 11.8. The van der Waals surface area contributed by atoms with Crippen LogP contribution in [0.2, 0.25) is 0 Å². The molecule has 1 aromatic heterocycles. The van der Waals surface area contributed by atoms with Crippen molar-refractivity contribution in [2.24, 2.45) is 0 Å². The van der Waals surface area contributed by atoms with Crippen molar-refractivity contribution < 1.29 is 9.21 Å². The highest BCUT2D eigenvalue weighted by Crippen LogP contribution is 2.15. The minimum absolute atomic E-state index is 0.0208. The standard InChI is InChI=1S/C14H24N2O2/c1-5-7-10-16(6-2)14(17)15-12(4)13-9-8-11(3)18-13/h8-9,12H,5-7,10H2,1-4H3,(H,15,17). The van der Waals surface area contributed by atoms with Gasteiger partial charge in [0.05, 0.1) is 6.04 Å². The van der Waals surface area contributed by atoms with Crippen LogP contribution in [-0.4, -0.2) is 24.0 Å². The van der Waals surface area contributed by atoms with Crippen LogP contribution in [-0.2, 0) is 0 Å². The predicted molar refractivity (Wildman–Crippen MR) is 72.5 cm³/mol. The van der Waals surface area contributed by atoms with E-state index in [-0.39, 0.29) is 12.1 Å². The van der Waals surface area contributed by atoms with E-state index >= 15 is 0 Å². The number of urea groups is 1. The number of nitrogens with zero attached hydrogens (tertiary/aromatic N) is 1. The Morgan fingerprint density at radius 3 is 2.67 bits per heavy atom. The quantitative estimate of drug-likeness (QED) is 0.842. The molecule has 18 heavy (non-hydrogen) atoms. The number of amides is 2. The lowest BCUT2D eigenvalue weighted by molar-refractivity contribution is 0.194. The first-order valence-corrected chi connectivity index (χ1v) is 6.70. The minimum Gasteiger partial charge on any atom is -0.464 e. The fraction of sp³-hybridized carbons (Fsp3) is 0.643.